The zero-order valence-electron chi connectivity index (χ0n) is 12.7. The van der Waals surface area contributed by atoms with E-state index in [1.807, 2.05) is 50.2 Å². The molecule has 22 heavy (non-hydrogen) atoms. The Balaban J connectivity index is 2.03. The fraction of sp³-hybridized carbons (Fsp3) is 0.294. The molecule has 1 atom stereocenters. The molecule has 0 radical (unpaired) electrons. The maximum atomic E-state index is 13.0. The number of aryl methyl sites for hydroxylation is 1. The van der Waals surface area contributed by atoms with E-state index in [0.717, 1.165) is 16.9 Å². The molecule has 0 saturated carbocycles. The number of hydrogen-bond donors (Lipinski definition) is 0. The molecule has 0 N–H and O–H groups in total. The molecule has 1 aliphatic rings. The molecule has 3 rings (SSSR count). The molecule has 5 heteroatoms. The van der Waals surface area contributed by atoms with Crippen molar-refractivity contribution in [3.63, 3.8) is 0 Å². The van der Waals surface area contributed by atoms with Gasteiger partial charge in [-0.05, 0) is 31.5 Å². The summed E-state index contributed by atoms with van der Waals surface area (Å²) in [5.74, 6) is 0.762. The highest BCUT2D eigenvalue weighted by molar-refractivity contribution is 7.89. The topological polar surface area (TPSA) is 46.6 Å². The zero-order valence-corrected chi connectivity index (χ0v) is 13.5. The largest absolute Gasteiger partial charge is 0.489 e. The lowest BCUT2D eigenvalue weighted by molar-refractivity contribution is 0.201. The molecule has 116 valence electrons. The van der Waals surface area contributed by atoms with Crippen molar-refractivity contribution in [2.75, 3.05) is 6.54 Å². The van der Waals surface area contributed by atoms with Gasteiger partial charge >= 0.3 is 0 Å². The molecule has 0 spiro atoms. The average Bonchev–Trinajstić information content (AvgIpc) is 2.65. The van der Waals surface area contributed by atoms with Crippen LogP contribution >= 0.6 is 0 Å². The summed E-state index contributed by atoms with van der Waals surface area (Å²) < 4.78 is 33.3. The van der Waals surface area contributed by atoms with E-state index in [9.17, 15) is 8.42 Å². The van der Waals surface area contributed by atoms with Crippen LogP contribution in [0.1, 0.15) is 18.1 Å². The van der Waals surface area contributed by atoms with E-state index in [1.54, 1.807) is 12.1 Å². The summed E-state index contributed by atoms with van der Waals surface area (Å²) in [5.41, 5.74) is 1.65. The molecule has 0 amide bonds. The molecule has 2 aromatic carbocycles. The van der Waals surface area contributed by atoms with Gasteiger partial charge in [0.25, 0.3) is 0 Å². The number of para-hydroxylation sites is 1. The quantitative estimate of drug-likeness (QED) is 0.855. The molecule has 1 heterocycles. The summed E-state index contributed by atoms with van der Waals surface area (Å²) in [7, 11) is -3.54. The number of hydrogen-bond acceptors (Lipinski definition) is 3. The van der Waals surface area contributed by atoms with Crippen LogP contribution in [-0.2, 0) is 16.6 Å². The SMILES string of the molecule is Cc1ccccc1S(=O)(=O)N1Cc2ccccc2OC(C)C1. The number of ether oxygens (including phenoxy) is 1. The van der Waals surface area contributed by atoms with Gasteiger partial charge < -0.3 is 4.74 Å². The van der Waals surface area contributed by atoms with Crippen LogP contribution < -0.4 is 4.74 Å². The lowest BCUT2D eigenvalue weighted by Crippen LogP contribution is -2.36. The van der Waals surface area contributed by atoms with Crippen LogP contribution in [0.15, 0.2) is 53.4 Å². The molecule has 0 bridgehead atoms. The Morgan fingerprint density at radius 1 is 1.09 bits per heavy atom. The van der Waals surface area contributed by atoms with Crippen LogP contribution in [0.4, 0.5) is 0 Å². The normalized spacial score (nSPS) is 19.1. The Kier molecular flexibility index (Phi) is 3.93. The van der Waals surface area contributed by atoms with E-state index < -0.39 is 10.0 Å². The summed E-state index contributed by atoms with van der Waals surface area (Å²) in [4.78, 5) is 0.363. The highest BCUT2D eigenvalue weighted by Gasteiger charge is 2.30. The third kappa shape index (κ3) is 2.74. The summed E-state index contributed by atoms with van der Waals surface area (Å²) in [5, 5.41) is 0. The van der Waals surface area contributed by atoms with Crippen molar-refractivity contribution in [3.8, 4) is 5.75 Å². The van der Waals surface area contributed by atoms with Crippen molar-refractivity contribution in [2.24, 2.45) is 0 Å². The second-order valence-electron chi connectivity index (χ2n) is 5.60. The molecule has 0 fully saturated rings. The van der Waals surface area contributed by atoms with Gasteiger partial charge in [-0.3, -0.25) is 0 Å². The third-order valence-corrected chi connectivity index (χ3v) is 5.79. The third-order valence-electron chi connectivity index (χ3n) is 3.82. The summed E-state index contributed by atoms with van der Waals surface area (Å²) in [6.45, 7) is 4.38. The van der Waals surface area contributed by atoms with Gasteiger partial charge in [-0.2, -0.15) is 4.31 Å². The molecule has 0 aliphatic carbocycles. The van der Waals surface area contributed by atoms with Crippen LogP contribution in [0.25, 0.3) is 0 Å². The van der Waals surface area contributed by atoms with E-state index in [-0.39, 0.29) is 6.10 Å². The molecule has 1 unspecified atom stereocenters. The standard InChI is InChI=1S/C17H19NO3S/c1-13-7-3-6-10-17(13)22(19,20)18-11-14(2)21-16-9-5-4-8-15(16)12-18/h3-10,14H,11-12H2,1-2H3. The number of rotatable bonds is 2. The summed E-state index contributed by atoms with van der Waals surface area (Å²) in [6, 6.07) is 14.7. The smallest absolute Gasteiger partial charge is 0.243 e. The predicted molar refractivity (Wildman–Crippen MR) is 85.3 cm³/mol. The van der Waals surface area contributed by atoms with Crippen molar-refractivity contribution >= 4 is 10.0 Å². The van der Waals surface area contributed by atoms with Crippen molar-refractivity contribution in [2.45, 2.75) is 31.4 Å². The van der Waals surface area contributed by atoms with Gasteiger partial charge in [-0.1, -0.05) is 36.4 Å². The van der Waals surface area contributed by atoms with Gasteiger partial charge in [0.2, 0.25) is 10.0 Å². The van der Waals surface area contributed by atoms with Gasteiger partial charge in [0.05, 0.1) is 11.4 Å². The zero-order chi connectivity index (χ0) is 15.7. The van der Waals surface area contributed by atoms with Gasteiger partial charge in [-0.25, -0.2) is 8.42 Å². The van der Waals surface area contributed by atoms with Crippen LogP contribution in [0.2, 0.25) is 0 Å². The summed E-state index contributed by atoms with van der Waals surface area (Å²) in [6.07, 6.45) is -0.192. The minimum absolute atomic E-state index is 0.192. The molecule has 0 aromatic heterocycles. The first-order chi connectivity index (χ1) is 10.5. The van der Waals surface area contributed by atoms with Crippen LogP contribution in [0.5, 0.6) is 5.75 Å². The lowest BCUT2D eigenvalue weighted by Gasteiger charge is -2.22. The van der Waals surface area contributed by atoms with Crippen molar-refractivity contribution in [1.29, 1.82) is 0 Å². The van der Waals surface area contributed by atoms with Crippen molar-refractivity contribution < 1.29 is 13.2 Å². The maximum Gasteiger partial charge on any atom is 0.243 e. The van der Waals surface area contributed by atoms with E-state index >= 15 is 0 Å². The molecule has 4 nitrogen and oxygen atoms in total. The second kappa shape index (κ2) is 5.74. The first-order valence-corrected chi connectivity index (χ1v) is 8.73. The number of benzene rings is 2. The van der Waals surface area contributed by atoms with E-state index in [0.29, 0.717) is 18.0 Å². The molecule has 1 aliphatic heterocycles. The first kappa shape index (κ1) is 15.1. The van der Waals surface area contributed by atoms with Crippen LogP contribution in [0, 0.1) is 6.92 Å². The summed E-state index contributed by atoms with van der Waals surface area (Å²) >= 11 is 0. The molecule has 0 saturated heterocycles. The minimum Gasteiger partial charge on any atom is -0.489 e. The average molecular weight is 317 g/mol. The van der Waals surface area contributed by atoms with Gasteiger partial charge in [0.15, 0.2) is 0 Å². The Morgan fingerprint density at radius 2 is 1.77 bits per heavy atom. The van der Waals surface area contributed by atoms with E-state index in [1.165, 1.54) is 4.31 Å². The predicted octanol–water partition coefficient (Wildman–Crippen LogP) is 2.97. The Bertz CT molecular complexity index is 786. The van der Waals surface area contributed by atoms with Gasteiger partial charge in [0.1, 0.15) is 11.9 Å². The van der Waals surface area contributed by atoms with Crippen molar-refractivity contribution in [3.05, 3.63) is 59.7 Å². The lowest BCUT2D eigenvalue weighted by atomic mass is 10.2. The van der Waals surface area contributed by atoms with Gasteiger partial charge in [-0.15, -0.1) is 0 Å². The molecular weight excluding hydrogens is 298 g/mol. The Morgan fingerprint density at radius 3 is 2.55 bits per heavy atom. The number of fused-ring (bicyclic) bond motifs is 1. The highest BCUT2D eigenvalue weighted by Crippen LogP contribution is 2.29. The number of nitrogens with zero attached hydrogens (tertiary/aromatic N) is 1. The minimum atomic E-state index is -3.54. The van der Waals surface area contributed by atoms with Gasteiger partial charge in [0, 0.05) is 12.1 Å². The van der Waals surface area contributed by atoms with Crippen LogP contribution in [0.3, 0.4) is 0 Å². The van der Waals surface area contributed by atoms with E-state index in [2.05, 4.69) is 0 Å². The highest BCUT2D eigenvalue weighted by atomic mass is 32.2. The second-order valence-corrected chi connectivity index (χ2v) is 7.51. The fourth-order valence-corrected chi connectivity index (χ4v) is 4.43. The first-order valence-electron chi connectivity index (χ1n) is 7.29. The monoisotopic (exact) mass is 317 g/mol. The van der Waals surface area contributed by atoms with Crippen molar-refractivity contribution in [1.82, 2.24) is 4.31 Å². The Labute approximate surface area is 131 Å². The fourth-order valence-electron chi connectivity index (χ4n) is 2.71. The molecule has 2 aromatic rings. The Hall–Kier alpha value is -1.85. The number of sulfonamides is 1. The van der Waals surface area contributed by atoms with E-state index in [4.69, 9.17) is 4.74 Å². The molecular formula is C17H19NO3S. The van der Waals surface area contributed by atoms with Crippen LogP contribution in [-0.4, -0.2) is 25.4 Å². The maximum absolute atomic E-state index is 13.0.